The monoisotopic (exact) mass is 863 g/mol. The van der Waals surface area contributed by atoms with Crippen LogP contribution in [0.2, 0.25) is 0 Å². The van der Waals surface area contributed by atoms with Gasteiger partial charge in [-0.05, 0) is 31.1 Å². The van der Waals surface area contributed by atoms with Crippen molar-refractivity contribution in [3.63, 3.8) is 0 Å². The maximum absolute atomic E-state index is 12.8. The molecule has 0 spiro atoms. The van der Waals surface area contributed by atoms with Gasteiger partial charge in [0.05, 0.1) is 0 Å². The molecule has 0 aliphatic rings. The van der Waals surface area contributed by atoms with Crippen LogP contribution in [0.5, 0.6) is 0 Å². The van der Waals surface area contributed by atoms with Gasteiger partial charge in [0.1, 0.15) is 13.2 Å². The van der Waals surface area contributed by atoms with Crippen molar-refractivity contribution in [3.05, 3.63) is 0 Å². The van der Waals surface area contributed by atoms with Crippen LogP contribution in [0.1, 0.15) is 304 Å². The molecule has 0 rings (SSSR count). The molecule has 362 valence electrons. The number of carbonyl (C=O) groups is 3. The van der Waals surface area contributed by atoms with Crippen molar-refractivity contribution in [1.82, 2.24) is 0 Å². The number of unbranched alkanes of at least 4 members (excludes halogenated alkanes) is 33. The SMILES string of the molecule is CCCCCCCC(=O)OC[C@H](COC(=O)CCCCCCCCCCCCCCCC(C)C)OC(=O)CCCCCCCCCCCCCCCCCCCCC(C)CC. The van der Waals surface area contributed by atoms with Gasteiger partial charge in [0.25, 0.3) is 0 Å². The molecular weight excluding hydrogens is 757 g/mol. The zero-order valence-electron chi connectivity index (χ0n) is 41.8. The van der Waals surface area contributed by atoms with E-state index in [0.717, 1.165) is 76.0 Å². The van der Waals surface area contributed by atoms with E-state index in [1.54, 1.807) is 0 Å². The van der Waals surface area contributed by atoms with Gasteiger partial charge in [0, 0.05) is 19.3 Å². The highest BCUT2D eigenvalue weighted by Gasteiger charge is 2.19. The van der Waals surface area contributed by atoms with Gasteiger partial charge in [-0.15, -0.1) is 0 Å². The van der Waals surface area contributed by atoms with Crippen molar-refractivity contribution in [2.45, 2.75) is 310 Å². The Morgan fingerprint density at radius 1 is 0.344 bits per heavy atom. The topological polar surface area (TPSA) is 78.9 Å². The van der Waals surface area contributed by atoms with Gasteiger partial charge in [-0.3, -0.25) is 14.4 Å². The molecule has 0 amide bonds. The smallest absolute Gasteiger partial charge is 0.306 e. The molecular formula is C55H106O6. The third-order valence-electron chi connectivity index (χ3n) is 12.8. The van der Waals surface area contributed by atoms with E-state index in [9.17, 15) is 14.4 Å². The Balaban J connectivity index is 4.06. The summed E-state index contributed by atoms with van der Waals surface area (Å²) in [6.07, 6.45) is 49.8. The molecule has 0 aliphatic carbocycles. The fourth-order valence-electron chi connectivity index (χ4n) is 8.31. The number of carbonyl (C=O) groups excluding carboxylic acids is 3. The Morgan fingerprint density at radius 2 is 0.623 bits per heavy atom. The van der Waals surface area contributed by atoms with E-state index in [0.29, 0.717) is 19.3 Å². The Hall–Kier alpha value is -1.59. The van der Waals surface area contributed by atoms with E-state index in [1.807, 2.05) is 0 Å². The molecule has 0 radical (unpaired) electrons. The van der Waals surface area contributed by atoms with E-state index in [4.69, 9.17) is 14.2 Å². The van der Waals surface area contributed by atoms with Crippen LogP contribution in [0.15, 0.2) is 0 Å². The minimum atomic E-state index is -0.760. The zero-order chi connectivity index (χ0) is 44.7. The molecule has 0 aliphatic heterocycles. The van der Waals surface area contributed by atoms with Crippen molar-refractivity contribution in [2.75, 3.05) is 13.2 Å². The van der Waals surface area contributed by atoms with Crippen molar-refractivity contribution in [2.24, 2.45) is 11.8 Å². The molecule has 6 nitrogen and oxygen atoms in total. The standard InChI is InChI=1S/C55H106O6/c1-6-8-9-33-40-45-53(56)59-48-52(49-60-54(57)46-41-36-31-27-23-20-16-17-21-25-29-34-38-43-50(3)4)61-55(58)47-42-37-32-28-24-19-15-13-11-10-12-14-18-22-26-30-35-39-44-51(5)7-2/h50-52H,6-49H2,1-5H3/t51?,52-/m1/s1. The summed E-state index contributed by atoms with van der Waals surface area (Å²) < 4.78 is 16.7. The van der Waals surface area contributed by atoms with Crippen LogP contribution in [0.4, 0.5) is 0 Å². The first-order chi connectivity index (χ1) is 29.8. The lowest BCUT2D eigenvalue weighted by Crippen LogP contribution is -2.30. The molecule has 0 heterocycles. The van der Waals surface area contributed by atoms with Gasteiger partial charge in [0.15, 0.2) is 6.10 Å². The Labute approximate surface area is 380 Å². The number of hydrogen-bond donors (Lipinski definition) is 0. The van der Waals surface area contributed by atoms with Gasteiger partial charge in [-0.2, -0.15) is 0 Å². The minimum absolute atomic E-state index is 0.0644. The molecule has 0 aromatic heterocycles. The van der Waals surface area contributed by atoms with Crippen LogP contribution in [-0.4, -0.2) is 37.2 Å². The summed E-state index contributed by atoms with van der Waals surface area (Å²) >= 11 is 0. The maximum atomic E-state index is 12.8. The zero-order valence-corrected chi connectivity index (χ0v) is 41.8. The van der Waals surface area contributed by atoms with Crippen LogP contribution in [0.3, 0.4) is 0 Å². The lowest BCUT2D eigenvalue weighted by molar-refractivity contribution is -0.167. The van der Waals surface area contributed by atoms with Gasteiger partial charge in [0.2, 0.25) is 0 Å². The predicted octanol–water partition coefficient (Wildman–Crippen LogP) is 17.7. The third-order valence-corrected chi connectivity index (χ3v) is 12.8. The Morgan fingerprint density at radius 3 is 0.934 bits per heavy atom. The van der Waals surface area contributed by atoms with E-state index in [2.05, 4.69) is 34.6 Å². The lowest BCUT2D eigenvalue weighted by atomic mass is 9.99. The maximum Gasteiger partial charge on any atom is 0.306 e. The molecule has 0 saturated carbocycles. The molecule has 0 saturated heterocycles. The first-order valence-corrected chi connectivity index (χ1v) is 27.3. The summed E-state index contributed by atoms with van der Waals surface area (Å²) in [6.45, 7) is 11.4. The van der Waals surface area contributed by atoms with Crippen molar-refractivity contribution < 1.29 is 28.6 Å². The van der Waals surface area contributed by atoms with Gasteiger partial charge >= 0.3 is 17.9 Å². The number of esters is 3. The highest BCUT2D eigenvalue weighted by Crippen LogP contribution is 2.18. The predicted molar refractivity (Wildman–Crippen MR) is 261 cm³/mol. The average molecular weight is 863 g/mol. The van der Waals surface area contributed by atoms with Crippen LogP contribution < -0.4 is 0 Å². The molecule has 6 heteroatoms. The van der Waals surface area contributed by atoms with E-state index < -0.39 is 6.10 Å². The minimum Gasteiger partial charge on any atom is -0.462 e. The molecule has 1 unspecified atom stereocenters. The van der Waals surface area contributed by atoms with Crippen molar-refractivity contribution >= 4 is 17.9 Å². The highest BCUT2D eigenvalue weighted by molar-refractivity contribution is 5.71. The normalized spacial score (nSPS) is 12.5. The van der Waals surface area contributed by atoms with Crippen LogP contribution in [0, 0.1) is 11.8 Å². The number of ether oxygens (including phenoxy) is 3. The molecule has 61 heavy (non-hydrogen) atoms. The Kier molecular flexibility index (Phi) is 46.6. The summed E-state index contributed by atoms with van der Waals surface area (Å²) in [4.78, 5) is 37.7. The van der Waals surface area contributed by atoms with Crippen molar-refractivity contribution in [3.8, 4) is 0 Å². The van der Waals surface area contributed by atoms with Crippen molar-refractivity contribution in [1.29, 1.82) is 0 Å². The summed E-state index contributed by atoms with van der Waals surface area (Å²) in [7, 11) is 0. The lowest BCUT2D eigenvalue weighted by Gasteiger charge is -2.18. The molecule has 2 atom stereocenters. The quantitative estimate of drug-likeness (QED) is 0.0344. The van der Waals surface area contributed by atoms with Gasteiger partial charge in [-0.1, -0.05) is 266 Å². The second-order valence-electron chi connectivity index (χ2n) is 19.6. The fourth-order valence-corrected chi connectivity index (χ4v) is 8.31. The highest BCUT2D eigenvalue weighted by atomic mass is 16.6. The summed E-state index contributed by atoms with van der Waals surface area (Å²) in [5, 5.41) is 0. The van der Waals surface area contributed by atoms with E-state index >= 15 is 0 Å². The summed E-state index contributed by atoms with van der Waals surface area (Å²) in [6, 6.07) is 0. The van der Waals surface area contributed by atoms with E-state index in [1.165, 1.54) is 186 Å². The Bertz CT molecular complexity index is 933. The molecule has 0 bridgehead atoms. The second kappa shape index (κ2) is 47.9. The molecule has 0 aromatic rings. The number of rotatable bonds is 49. The van der Waals surface area contributed by atoms with Crippen LogP contribution in [0.25, 0.3) is 0 Å². The fraction of sp³-hybridized carbons (Fsp3) is 0.945. The van der Waals surface area contributed by atoms with Gasteiger partial charge in [-0.25, -0.2) is 0 Å². The molecule has 0 fully saturated rings. The molecule has 0 aromatic carbocycles. The molecule has 0 N–H and O–H groups in total. The van der Waals surface area contributed by atoms with Crippen LogP contribution in [-0.2, 0) is 28.6 Å². The van der Waals surface area contributed by atoms with Crippen LogP contribution >= 0.6 is 0 Å². The summed E-state index contributed by atoms with van der Waals surface area (Å²) in [5.41, 5.74) is 0. The third kappa shape index (κ3) is 47.7. The average Bonchev–Trinajstić information content (AvgIpc) is 3.24. The number of hydrogen-bond acceptors (Lipinski definition) is 6. The summed E-state index contributed by atoms with van der Waals surface area (Å²) in [5.74, 6) is 0.890. The van der Waals surface area contributed by atoms with E-state index in [-0.39, 0.29) is 31.1 Å². The van der Waals surface area contributed by atoms with Gasteiger partial charge < -0.3 is 14.2 Å². The first kappa shape index (κ1) is 59.4. The first-order valence-electron chi connectivity index (χ1n) is 27.3. The largest absolute Gasteiger partial charge is 0.462 e. The second-order valence-corrected chi connectivity index (χ2v) is 19.6.